The molecule has 0 spiro atoms. The third-order valence-corrected chi connectivity index (χ3v) is 7.30. The van der Waals surface area contributed by atoms with Crippen LogP contribution in [0, 0.1) is 6.92 Å². The first-order valence-corrected chi connectivity index (χ1v) is 11.3. The van der Waals surface area contributed by atoms with Crippen LogP contribution in [0.15, 0.2) is 39.0 Å². The standard InChI is InChI=1S/C17H22N6O4S2/c1-5-22(6-2)29(25,26)13-7-8-14-19-20-17(23(14)10-13)28-12(4)16(24)18-15-9-11(3)21-27-15/h7-10,12H,5-6H2,1-4H3,(H,18,24). The van der Waals surface area contributed by atoms with Crippen LogP contribution in [0.2, 0.25) is 0 Å². The van der Waals surface area contributed by atoms with E-state index in [1.54, 1.807) is 44.2 Å². The van der Waals surface area contributed by atoms with Crippen molar-refractivity contribution in [3.8, 4) is 0 Å². The molecule has 0 aliphatic rings. The van der Waals surface area contributed by atoms with Gasteiger partial charge in [-0.3, -0.25) is 14.5 Å². The van der Waals surface area contributed by atoms with Gasteiger partial charge in [0.2, 0.25) is 21.8 Å². The van der Waals surface area contributed by atoms with Gasteiger partial charge in [0.15, 0.2) is 10.8 Å². The highest BCUT2D eigenvalue weighted by atomic mass is 32.2. The lowest BCUT2D eigenvalue weighted by molar-refractivity contribution is -0.115. The molecule has 3 rings (SSSR count). The third kappa shape index (κ3) is 4.43. The Morgan fingerprint density at radius 2 is 2.03 bits per heavy atom. The lowest BCUT2D eigenvalue weighted by Crippen LogP contribution is -2.30. The fourth-order valence-electron chi connectivity index (χ4n) is 2.65. The molecule has 1 unspecified atom stereocenters. The van der Waals surface area contributed by atoms with Crippen LogP contribution < -0.4 is 5.32 Å². The summed E-state index contributed by atoms with van der Waals surface area (Å²) in [5.41, 5.74) is 1.15. The summed E-state index contributed by atoms with van der Waals surface area (Å²) >= 11 is 1.16. The van der Waals surface area contributed by atoms with Gasteiger partial charge in [-0.25, -0.2) is 8.42 Å². The molecule has 0 radical (unpaired) electrons. The molecule has 29 heavy (non-hydrogen) atoms. The quantitative estimate of drug-likeness (QED) is 0.531. The van der Waals surface area contributed by atoms with Gasteiger partial charge in [0.25, 0.3) is 0 Å². The summed E-state index contributed by atoms with van der Waals surface area (Å²) in [6.07, 6.45) is 1.48. The van der Waals surface area contributed by atoms with Crippen molar-refractivity contribution in [2.45, 2.75) is 43.0 Å². The van der Waals surface area contributed by atoms with Gasteiger partial charge in [0.05, 0.1) is 15.8 Å². The van der Waals surface area contributed by atoms with Gasteiger partial charge >= 0.3 is 0 Å². The fraction of sp³-hybridized carbons (Fsp3) is 0.412. The van der Waals surface area contributed by atoms with E-state index >= 15 is 0 Å². The molecular weight excluding hydrogens is 416 g/mol. The highest BCUT2D eigenvalue weighted by Crippen LogP contribution is 2.25. The molecule has 0 aliphatic carbocycles. The number of nitrogens with zero attached hydrogens (tertiary/aromatic N) is 5. The number of hydrogen-bond acceptors (Lipinski definition) is 8. The second kappa shape index (κ2) is 8.51. The summed E-state index contributed by atoms with van der Waals surface area (Å²) in [7, 11) is -3.62. The molecule has 0 aromatic carbocycles. The van der Waals surface area contributed by atoms with Crippen molar-refractivity contribution in [3.05, 3.63) is 30.1 Å². The number of fused-ring (bicyclic) bond motifs is 1. The molecule has 156 valence electrons. The third-order valence-electron chi connectivity index (χ3n) is 4.21. The van der Waals surface area contributed by atoms with Gasteiger partial charge in [0, 0.05) is 25.4 Å². The second-order valence-corrected chi connectivity index (χ2v) is 9.49. The van der Waals surface area contributed by atoms with E-state index in [4.69, 9.17) is 4.52 Å². The monoisotopic (exact) mass is 438 g/mol. The maximum Gasteiger partial charge on any atom is 0.244 e. The average Bonchev–Trinajstić information content (AvgIpc) is 3.28. The first-order chi connectivity index (χ1) is 13.8. The van der Waals surface area contributed by atoms with Crippen LogP contribution in [0.25, 0.3) is 5.65 Å². The van der Waals surface area contributed by atoms with Crippen LogP contribution in [-0.4, -0.2) is 56.7 Å². The molecular formula is C17H22N6O4S2. The van der Waals surface area contributed by atoms with Gasteiger partial charge in [0.1, 0.15) is 0 Å². The minimum Gasteiger partial charge on any atom is -0.338 e. The smallest absolute Gasteiger partial charge is 0.244 e. The Morgan fingerprint density at radius 1 is 1.31 bits per heavy atom. The van der Waals surface area contributed by atoms with Crippen LogP contribution in [0.4, 0.5) is 5.88 Å². The Morgan fingerprint density at radius 3 is 2.66 bits per heavy atom. The van der Waals surface area contributed by atoms with E-state index in [1.807, 2.05) is 0 Å². The maximum absolute atomic E-state index is 12.8. The minimum absolute atomic E-state index is 0.143. The molecule has 10 nitrogen and oxygen atoms in total. The Balaban J connectivity index is 1.83. The van der Waals surface area contributed by atoms with Gasteiger partial charge in [-0.1, -0.05) is 30.8 Å². The van der Waals surface area contributed by atoms with Crippen molar-refractivity contribution in [3.63, 3.8) is 0 Å². The number of aromatic nitrogens is 4. The summed E-state index contributed by atoms with van der Waals surface area (Å²) in [6.45, 7) is 7.79. The Bertz CT molecular complexity index is 1120. The zero-order chi connectivity index (χ0) is 21.2. The summed E-state index contributed by atoms with van der Waals surface area (Å²) in [4.78, 5) is 12.5. The number of carbonyl (C=O) groups is 1. The van der Waals surface area contributed by atoms with Crippen LogP contribution in [-0.2, 0) is 14.8 Å². The number of sulfonamides is 1. The molecule has 3 aromatic heterocycles. The zero-order valence-electron chi connectivity index (χ0n) is 16.5. The molecule has 3 aromatic rings. The number of hydrogen-bond donors (Lipinski definition) is 1. The summed E-state index contributed by atoms with van der Waals surface area (Å²) < 4.78 is 33.5. The van der Waals surface area contributed by atoms with Gasteiger partial charge in [-0.05, 0) is 26.0 Å². The number of pyridine rings is 1. The van der Waals surface area contributed by atoms with E-state index in [-0.39, 0.29) is 16.7 Å². The molecule has 0 aliphatic heterocycles. The van der Waals surface area contributed by atoms with E-state index < -0.39 is 15.3 Å². The average molecular weight is 439 g/mol. The number of amides is 1. The first-order valence-electron chi connectivity index (χ1n) is 9.02. The lowest BCUT2D eigenvalue weighted by atomic mass is 10.4. The summed E-state index contributed by atoms with van der Waals surface area (Å²) in [6, 6.07) is 4.72. The van der Waals surface area contributed by atoms with Crippen molar-refractivity contribution < 1.29 is 17.7 Å². The number of thioether (sulfide) groups is 1. The fourth-order valence-corrected chi connectivity index (χ4v) is 4.94. The van der Waals surface area contributed by atoms with Crippen molar-refractivity contribution in [1.82, 2.24) is 24.1 Å². The molecule has 0 saturated heterocycles. The zero-order valence-corrected chi connectivity index (χ0v) is 18.1. The molecule has 1 amide bonds. The molecule has 3 heterocycles. The number of rotatable bonds is 8. The van der Waals surface area contributed by atoms with Gasteiger partial charge in [-0.15, -0.1) is 10.2 Å². The van der Waals surface area contributed by atoms with Crippen molar-refractivity contribution in [2.24, 2.45) is 0 Å². The Hall–Kier alpha value is -2.44. The van der Waals surface area contributed by atoms with E-state index in [0.29, 0.717) is 29.6 Å². The molecule has 0 saturated carbocycles. The van der Waals surface area contributed by atoms with Crippen LogP contribution in [0.5, 0.6) is 0 Å². The van der Waals surface area contributed by atoms with Crippen LogP contribution >= 0.6 is 11.8 Å². The van der Waals surface area contributed by atoms with Crippen molar-refractivity contribution >= 4 is 39.2 Å². The molecule has 0 bridgehead atoms. The summed E-state index contributed by atoms with van der Waals surface area (Å²) in [5, 5.41) is 14.4. The lowest BCUT2D eigenvalue weighted by Gasteiger charge is -2.18. The van der Waals surface area contributed by atoms with Crippen LogP contribution in [0.3, 0.4) is 0 Å². The topological polar surface area (TPSA) is 123 Å². The SMILES string of the molecule is CCN(CC)S(=O)(=O)c1ccc2nnc(SC(C)C(=O)Nc3cc(C)no3)n2c1. The summed E-state index contributed by atoms with van der Waals surface area (Å²) in [5.74, 6) is -0.0338. The Labute approximate surface area is 172 Å². The minimum atomic E-state index is -3.62. The maximum atomic E-state index is 12.8. The number of aryl methyl sites for hydroxylation is 1. The molecule has 12 heteroatoms. The Kier molecular flexibility index (Phi) is 6.24. The molecule has 1 atom stereocenters. The molecule has 1 N–H and O–H groups in total. The van der Waals surface area contributed by atoms with E-state index in [1.165, 1.54) is 16.6 Å². The predicted octanol–water partition coefficient (Wildman–Crippen LogP) is 2.18. The molecule has 0 fully saturated rings. The first kappa shape index (κ1) is 21.3. The van der Waals surface area contributed by atoms with Gasteiger partial charge in [-0.2, -0.15) is 4.31 Å². The second-order valence-electron chi connectivity index (χ2n) is 6.25. The van der Waals surface area contributed by atoms with Gasteiger partial charge < -0.3 is 4.52 Å². The number of nitrogens with one attached hydrogen (secondary N) is 1. The van der Waals surface area contributed by atoms with E-state index in [2.05, 4.69) is 20.7 Å². The van der Waals surface area contributed by atoms with E-state index in [9.17, 15) is 13.2 Å². The van der Waals surface area contributed by atoms with Crippen molar-refractivity contribution in [2.75, 3.05) is 18.4 Å². The van der Waals surface area contributed by atoms with Crippen molar-refractivity contribution in [1.29, 1.82) is 0 Å². The van der Waals surface area contributed by atoms with E-state index in [0.717, 1.165) is 11.8 Å². The number of carbonyl (C=O) groups excluding carboxylic acids is 1. The predicted molar refractivity (Wildman–Crippen MR) is 108 cm³/mol. The highest BCUT2D eigenvalue weighted by molar-refractivity contribution is 8.00. The van der Waals surface area contributed by atoms with Crippen LogP contribution in [0.1, 0.15) is 26.5 Å². The largest absolute Gasteiger partial charge is 0.338 e. The number of anilines is 1. The normalized spacial score (nSPS) is 13.1. The highest BCUT2D eigenvalue weighted by Gasteiger charge is 2.24.